The van der Waals surface area contributed by atoms with Crippen LogP contribution in [0.5, 0.6) is 0 Å². The second-order valence-electron chi connectivity index (χ2n) is 4.47. The lowest BCUT2D eigenvalue weighted by Gasteiger charge is -2.08. The highest BCUT2D eigenvalue weighted by molar-refractivity contribution is 5.78. The van der Waals surface area contributed by atoms with Gasteiger partial charge in [0.1, 0.15) is 0 Å². The summed E-state index contributed by atoms with van der Waals surface area (Å²) in [7, 11) is 0. The van der Waals surface area contributed by atoms with Crippen LogP contribution in [0.4, 0.5) is 0 Å². The zero-order chi connectivity index (χ0) is 13.1. The van der Waals surface area contributed by atoms with Crippen molar-refractivity contribution in [1.82, 2.24) is 16.0 Å². The molecule has 0 aliphatic carbocycles. The van der Waals surface area contributed by atoms with E-state index in [1.807, 2.05) is 20.8 Å². The molecule has 0 saturated heterocycles. The molecule has 0 unspecified atom stereocenters. The van der Waals surface area contributed by atoms with Gasteiger partial charge in [-0.2, -0.15) is 0 Å². The minimum absolute atomic E-state index is 0.0207. The second kappa shape index (κ2) is 10.1. The average molecular weight is 243 g/mol. The Kier molecular flexibility index (Phi) is 9.43. The summed E-state index contributed by atoms with van der Waals surface area (Å²) in [5, 5.41) is 8.53. The van der Waals surface area contributed by atoms with Crippen LogP contribution in [0.1, 0.15) is 33.6 Å². The maximum atomic E-state index is 11.3. The lowest BCUT2D eigenvalue weighted by Crippen LogP contribution is -2.37. The van der Waals surface area contributed by atoms with E-state index >= 15 is 0 Å². The fraction of sp³-hybridized carbons (Fsp3) is 0.833. The predicted octanol–water partition coefficient (Wildman–Crippen LogP) is 0.265. The molecule has 0 fully saturated rings. The molecule has 0 aliphatic heterocycles. The Morgan fingerprint density at radius 1 is 1.06 bits per heavy atom. The molecule has 0 aliphatic rings. The van der Waals surface area contributed by atoms with Crippen molar-refractivity contribution in [3.63, 3.8) is 0 Å². The lowest BCUT2D eigenvalue weighted by molar-refractivity contribution is -0.122. The van der Waals surface area contributed by atoms with Crippen molar-refractivity contribution >= 4 is 11.8 Å². The van der Waals surface area contributed by atoms with Crippen LogP contribution >= 0.6 is 0 Å². The number of nitrogens with one attached hydrogen (secondary N) is 3. The molecule has 17 heavy (non-hydrogen) atoms. The first-order chi connectivity index (χ1) is 8.06. The Hall–Kier alpha value is -1.10. The SMILES string of the molecule is CCCNC(=O)CCNCC(=O)NCC(C)C. The summed E-state index contributed by atoms with van der Waals surface area (Å²) < 4.78 is 0. The quantitative estimate of drug-likeness (QED) is 0.509. The first kappa shape index (κ1) is 15.9. The summed E-state index contributed by atoms with van der Waals surface area (Å²) in [6.45, 7) is 8.32. The van der Waals surface area contributed by atoms with Gasteiger partial charge in [0, 0.05) is 26.1 Å². The predicted molar refractivity (Wildman–Crippen MR) is 68.6 cm³/mol. The van der Waals surface area contributed by atoms with E-state index in [1.54, 1.807) is 0 Å². The van der Waals surface area contributed by atoms with Crippen molar-refractivity contribution in [3.8, 4) is 0 Å². The van der Waals surface area contributed by atoms with E-state index in [-0.39, 0.29) is 18.4 Å². The number of amides is 2. The Labute approximate surface area is 104 Å². The summed E-state index contributed by atoms with van der Waals surface area (Å²) in [4.78, 5) is 22.5. The Balaban J connectivity index is 3.38. The molecule has 5 nitrogen and oxygen atoms in total. The molecule has 0 radical (unpaired) electrons. The molecule has 0 atom stereocenters. The van der Waals surface area contributed by atoms with Crippen molar-refractivity contribution in [1.29, 1.82) is 0 Å². The molecule has 100 valence electrons. The first-order valence-corrected chi connectivity index (χ1v) is 6.30. The summed E-state index contributed by atoms with van der Waals surface area (Å²) >= 11 is 0. The third kappa shape index (κ3) is 11.2. The highest BCUT2D eigenvalue weighted by Gasteiger charge is 2.03. The second-order valence-corrected chi connectivity index (χ2v) is 4.47. The maximum absolute atomic E-state index is 11.3. The van der Waals surface area contributed by atoms with Crippen LogP contribution in [-0.4, -0.2) is 38.0 Å². The van der Waals surface area contributed by atoms with Gasteiger partial charge in [0.2, 0.25) is 11.8 Å². The zero-order valence-corrected chi connectivity index (χ0v) is 11.1. The van der Waals surface area contributed by atoms with Gasteiger partial charge < -0.3 is 16.0 Å². The van der Waals surface area contributed by atoms with Crippen LogP contribution in [0, 0.1) is 5.92 Å². The van der Waals surface area contributed by atoms with E-state index in [4.69, 9.17) is 0 Å². The average Bonchev–Trinajstić information content (AvgIpc) is 2.29. The Bertz CT molecular complexity index is 230. The number of hydrogen-bond acceptors (Lipinski definition) is 3. The molecule has 0 bridgehead atoms. The van der Waals surface area contributed by atoms with Gasteiger partial charge in [-0.25, -0.2) is 0 Å². The molecular weight excluding hydrogens is 218 g/mol. The molecule has 3 N–H and O–H groups in total. The van der Waals surface area contributed by atoms with Crippen molar-refractivity contribution in [2.75, 3.05) is 26.2 Å². The third-order valence-corrected chi connectivity index (χ3v) is 2.09. The van der Waals surface area contributed by atoms with Gasteiger partial charge in [-0.3, -0.25) is 9.59 Å². The van der Waals surface area contributed by atoms with Gasteiger partial charge in [0.05, 0.1) is 6.54 Å². The van der Waals surface area contributed by atoms with Gasteiger partial charge in [-0.15, -0.1) is 0 Å². The van der Waals surface area contributed by atoms with E-state index in [0.29, 0.717) is 32.0 Å². The van der Waals surface area contributed by atoms with Gasteiger partial charge in [0.25, 0.3) is 0 Å². The van der Waals surface area contributed by atoms with Crippen LogP contribution in [0.3, 0.4) is 0 Å². The Morgan fingerprint density at radius 3 is 2.35 bits per heavy atom. The molecule has 0 aromatic rings. The molecule has 0 aromatic heterocycles. The van der Waals surface area contributed by atoms with Crippen LogP contribution in [-0.2, 0) is 9.59 Å². The minimum Gasteiger partial charge on any atom is -0.356 e. The smallest absolute Gasteiger partial charge is 0.233 e. The molecule has 0 spiro atoms. The molecule has 0 rings (SSSR count). The number of rotatable bonds is 9. The molecule has 2 amide bonds. The summed E-state index contributed by atoms with van der Waals surface area (Å²) in [5.41, 5.74) is 0. The fourth-order valence-electron chi connectivity index (χ4n) is 1.14. The number of hydrogen-bond donors (Lipinski definition) is 3. The van der Waals surface area contributed by atoms with Crippen LogP contribution in [0.25, 0.3) is 0 Å². The maximum Gasteiger partial charge on any atom is 0.233 e. The van der Waals surface area contributed by atoms with Crippen LogP contribution in [0.15, 0.2) is 0 Å². The van der Waals surface area contributed by atoms with E-state index in [9.17, 15) is 9.59 Å². The highest BCUT2D eigenvalue weighted by atomic mass is 16.2. The van der Waals surface area contributed by atoms with Gasteiger partial charge >= 0.3 is 0 Å². The van der Waals surface area contributed by atoms with E-state index in [1.165, 1.54) is 0 Å². The molecule has 0 saturated carbocycles. The topological polar surface area (TPSA) is 70.2 Å². The summed E-state index contributed by atoms with van der Waals surface area (Å²) in [6.07, 6.45) is 1.36. The van der Waals surface area contributed by atoms with Gasteiger partial charge in [-0.1, -0.05) is 20.8 Å². The Morgan fingerprint density at radius 2 is 1.76 bits per heavy atom. The first-order valence-electron chi connectivity index (χ1n) is 6.30. The summed E-state index contributed by atoms with van der Waals surface area (Å²) in [6, 6.07) is 0. The van der Waals surface area contributed by atoms with Crippen molar-refractivity contribution in [2.45, 2.75) is 33.6 Å². The monoisotopic (exact) mass is 243 g/mol. The van der Waals surface area contributed by atoms with Crippen molar-refractivity contribution < 1.29 is 9.59 Å². The highest BCUT2D eigenvalue weighted by Crippen LogP contribution is 1.86. The van der Waals surface area contributed by atoms with Gasteiger partial charge in [-0.05, 0) is 12.3 Å². The molecule has 0 aromatic carbocycles. The normalized spacial score (nSPS) is 10.4. The van der Waals surface area contributed by atoms with Gasteiger partial charge in [0.15, 0.2) is 0 Å². The molecule has 5 heteroatoms. The number of carbonyl (C=O) groups is 2. The lowest BCUT2D eigenvalue weighted by atomic mass is 10.2. The van der Waals surface area contributed by atoms with Crippen molar-refractivity contribution in [3.05, 3.63) is 0 Å². The van der Waals surface area contributed by atoms with E-state index in [0.717, 1.165) is 6.42 Å². The molecule has 0 heterocycles. The van der Waals surface area contributed by atoms with Crippen LogP contribution in [0.2, 0.25) is 0 Å². The number of carbonyl (C=O) groups excluding carboxylic acids is 2. The van der Waals surface area contributed by atoms with E-state index < -0.39 is 0 Å². The fourth-order valence-corrected chi connectivity index (χ4v) is 1.14. The minimum atomic E-state index is -0.0207. The zero-order valence-electron chi connectivity index (χ0n) is 11.1. The standard InChI is InChI=1S/C12H25N3O2/c1-4-6-14-11(16)5-7-13-9-12(17)15-8-10(2)3/h10,13H,4-9H2,1-3H3,(H,14,16)(H,15,17). The summed E-state index contributed by atoms with van der Waals surface area (Å²) in [5.74, 6) is 0.466. The van der Waals surface area contributed by atoms with E-state index in [2.05, 4.69) is 16.0 Å². The third-order valence-electron chi connectivity index (χ3n) is 2.09. The van der Waals surface area contributed by atoms with Crippen molar-refractivity contribution in [2.24, 2.45) is 5.92 Å². The largest absolute Gasteiger partial charge is 0.356 e. The molecular formula is C12H25N3O2. The van der Waals surface area contributed by atoms with Crippen LogP contribution < -0.4 is 16.0 Å².